The van der Waals surface area contributed by atoms with Crippen molar-refractivity contribution in [3.05, 3.63) is 34.9 Å². The zero-order chi connectivity index (χ0) is 9.84. The maximum absolute atomic E-state index is 5.91. The molecule has 0 aliphatic carbocycles. The third-order valence-corrected chi connectivity index (χ3v) is 2.30. The molecule has 0 heterocycles. The van der Waals surface area contributed by atoms with Gasteiger partial charge in [-0.05, 0) is 32.3 Å². The van der Waals surface area contributed by atoms with E-state index in [1.54, 1.807) is 0 Å². The first kappa shape index (κ1) is 10.3. The van der Waals surface area contributed by atoms with E-state index in [0.29, 0.717) is 6.04 Å². The zero-order valence-corrected chi connectivity index (χ0v) is 8.80. The Morgan fingerprint density at radius 2 is 1.69 bits per heavy atom. The van der Waals surface area contributed by atoms with Gasteiger partial charge in [0.15, 0.2) is 0 Å². The van der Waals surface area contributed by atoms with Gasteiger partial charge >= 0.3 is 0 Å². The minimum absolute atomic E-state index is 0.307. The van der Waals surface area contributed by atoms with Gasteiger partial charge in [0.2, 0.25) is 0 Å². The Kier molecular flexibility index (Phi) is 3.49. The molecular weight excluding hydrogens is 158 g/mol. The average Bonchev–Trinajstić information content (AvgIpc) is 2.02. The standard InChI is InChI=1S/C12H19N/c1-4-12(13)8-11-6-9(2)5-10(3)7-11/h5-7,12H,4,8,13H2,1-3H3/t12-/m1/s1. The number of rotatable bonds is 3. The summed E-state index contributed by atoms with van der Waals surface area (Å²) in [4.78, 5) is 0. The van der Waals surface area contributed by atoms with E-state index in [1.165, 1.54) is 16.7 Å². The Morgan fingerprint density at radius 1 is 1.15 bits per heavy atom. The largest absolute Gasteiger partial charge is 0.327 e. The van der Waals surface area contributed by atoms with E-state index in [0.717, 1.165) is 12.8 Å². The first-order chi connectivity index (χ1) is 6.11. The fourth-order valence-corrected chi connectivity index (χ4v) is 1.63. The lowest BCUT2D eigenvalue weighted by Crippen LogP contribution is -2.21. The van der Waals surface area contributed by atoms with E-state index < -0.39 is 0 Å². The molecule has 0 unspecified atom stereocenters. The molecule has 1 rings (SSSR count). The van der Waals surface area contributed by atoms with E-state index in [9.17, 15) is 0 Å². The van der Waals surface area contributed by atoms with E-state index >= 15 is 0 Å². The van der Waals surface area contributed by atoms with Gasteiger partial charge in [-0.25, -0.2) is 0 Å². The van der Waals surface area contributed by atoms with Crippen LogP contribution < -0.4 is 5.73 Å². The predicted octanol–water partition coefficient (Wildman–Crippen LogP) is 2.58. The van der Waals surface area contributed by atoms with E-state index in [4.69, 9.17) is 5.73 Å². The lowest BCUT2D eigenvalue weighted by atomic mass is 10.0. The van der Waals surface area contributed by atoms with Crippen molar-refractivity contribution >= 4 is 0 Å². The Morgan fingerprint density at radius 3 is 2.15 bits per heavy atom. The molecule has 1 heteroatoms. The van der Waals surface area contributed by atoms with Crippen LogP contribution in [0.2, 0.25) is 0 Å². The molecule has 0 saturated carbocycles. The van der Waals surface area contributed by atoms with Crippen molar-refractivity contribution in [2.24, 2.45) is 5.73 Å². The number of hydrogen-bond acceptors (Lipinski definition) is 1. The topological polar surface area (TPSA) is 26.0 Å². The summed E-state index contributed by atoms with van der Waals surface area (Å²) in [5.74, 6) is 0. The molecule has 0 aliphatic rings. The van der Waals surface area contributed by atoms with Crippen molar-refractivity contribution in [3.8, 4) is 0 Å². The monoisotopic (exact) mass is 177 g/mol. The van der Waals surface area contributed by atoms with Gasteiger partial charge in [0, 0.05) is 6.04 Å². The van der Waals surface area contributed by atoms with E-state index in [-0.39, 0.29) is 0 Å². The second kappa shape index (κ2) is 4.43. The lowest BCUT2D eigenvalue weighted by molar-refractivity contribution is 0.646. The highest BCUT2D eigenvalue weighted by Crippen LogP contribution is 2.11. The highest BCUT2D eigenvalue weighted by molar-refractivity contribution is 5.28. The molecule has 0 spiro atoms. The zero-order valence-electron chi connectivity index (χ0n) is 8.80. The summed E-state index contributed by atoms with van der Waals surface area (Å²) in [5.41, 5.74) is 9.94. The van der Waals surface area contributed by atoms with Crippen LogP contribution in [0.15, 0.2) is 18.2 Å². The SMILES string of the molecule is CC[C@@H](N)Cc1cc(C)cc(C)c1. The number of hydrogen-bond donors (Lipinski definition) is 1. The highest BCUT2D eigenvalue weighted by atomic mass is 14.6. The Hall–Kier alpha value is -0.820. The van der Waals surface area contributed by atoms with Gasteiger partial charge in [0.1, 0.15) is 0 Å². The van der Waals surface area contributed by atoms with Crippen LogP contribution in [-0.4, -0.2) is 6.04 Å². The van der Waals surface area contributed by atoms with Crippen LogP contribution in [0, 0.1) is 13.8 Å². The quantitative estimate of drug-likeness (QED) is 0.754. The van der Waals surface area contributed by atoms with Crippen LogP contribution in [0.1, 0.15) is 30.0 Å². The maximum atomic E-state index is 5.91. The summed E-state index contributed by atoms with van der Waals surface area (Å²) in [6.07, 6.45) is 2.05. The van der Waals surface area contributed by atoms with Crippen LogP contribution >= 0.6 is 0 Å². The molecule has 1 aromatic carbocycles. The summed E-state index contributed by atoms with van der Waals surface area (Å²) in [6, 6.07) is 6.95. The van der Waals surface area contributed by atoms with Crippen molar-refractivity contribution in [3.63, 3.8) is 0 Å². The van der Waals surface area contributed by atoms with Crippen LogP contribution in [0.25, 0.3) is 0 Å². The Labute approximate surface area is 81.0 Å². The molecule has 0 aromatic heterocycles. The van der Waals surface area contributed by atoms with Crippen LogP contribution in [-0.2, 0) is 6.42 Å². The second-order valence-corrected chi connectivity index (χ2v) is 3.87. The van der Waals surface area contributed by atoms with Crippen molar-refractivity contribution in [2.45, 2.75) is 39.7 Å². The first-order valence-electron chi connectivity index (χ1n) is 4.94. The highest BCUT2D eigenvalue weighted by Gasteiger charge is 2.01. The first-order valence-corrected chi connectivity index (χ1v) is 4.94. The van der Waals surface area contributed by atoms with Gasteiger partial charge in [-0.2, -0.15) is 0 Å². The van der Waals surface area contributed by atoms with Gasteiger partial charge < -0.3 is 5.73 Å². The summed E-state index contributed by atoms with van der Waals surface area (Å²) < 4.78 is 0. The van der Waals surface area contributed by atoms with Crippen molar-refractivity contribution in [1.29, 1.82) is 0 Å². The van der Waals surface area contributed by atoms with Crippen molar-refractivity contribution in [1.82, 2.24) is 0 Å². The van der Waals surface area contributed by atoms with Gasteiger partial charge in [0.25, 0.3) is 0 Å². The Bertz CT molecular complexity index is 258. The molecule has 0 bridgehead atoms. The lowest BCUT2D eigenvalue weighted by Gasteiger charge is -2.10. The fraction of sp³-hybridized carbons (Fsp3) is 0.500. The van der Waals surface area contributed by atoms with E-state index in [2.05, 4.69) is 39.0 Å². The molecule has 0 amide bonds. The second-order valence-electron chi connectivity index (χ2n) is 3.87. The summed E-state index contributed by atoms with van der Waals surface area (Å²) in [7, 11) is 0. The van der Waals surface area contributed by atoms with E-state index in [1.807, 2.05) is 0 Å². The van der Waals surface area contributed by atoms with Crippen LogP contribution in [0.4, 0.5) is 0 Å². The van der Waals surface area contributed by atoms with Gasteiger partial charge in [-0.1, -0.05) is 36.2 Å². The number of aryl methyl sites for hydroxylation is 2. The Balaban J connectivity index is 2.77. The van der Waals surface area contributed by atoms with Crippen molar-refractivity contribution < 1.29 is 0 Å². The van der Waals surface area contributed by atoms with Gasteiger partial charge in [0.05, 0.1) is 0 Å². The molecular formula is C12H19N. The third kappa shape index (κ3) is 3.19. The van der Waals surface area contributed by atoms with Crippen LogP contribution in [0.3, 0.4) is 0 Å². The third-order valence-electron chi connectivity index (χ3n) is 2.30. The molecule has 13 heavy (non-hydrogen) atoms. The minimum atomic E-state index is 0.307. The molecule has 1 aromatic rings. The number of benzene rings is 1. The summed E-state index contributed by atoms with van der Waals surface area (Å²) in [5, 5.41) is 0. The molecule has 1 nitrogen and oxygen atoms in total. The van der Waals surface area contributed by atoms with Crippen molar-refractivity contribution in [2.75, 3.05) is 0 Å². The number of nitrogens with two attached hydrogens (primary N) is 1. The maximum Gasteiger partial charge on any atom is 0.00766 e. The molecule has 1 atom stereocenters. The molecule has 0 aliphatic heterocycles. The average molecular weight is 177 g/mol. The summed E-state index contributed by atoms with van der Waals surface area (Å²) >= 11 is 0. The summed E-state index contributed by atoms with van der Waals surface area (Å²) in [6.45, 7) is 6.40. The molecule has 0 radical (unpaired) electrons. The van der Waals surface area contributed by atoms with Crippen LogP contribution in [0.5, 0.6) is 0 Å². The van der Waals surface area contributed by atoms with Gasteiger partial charge in [-0.15, -0.1) is 0 Å². The molecule has 0 saturated heterocycles. The predicted molar refractivity (Wildman–Crippen MR) is 57.9 cm³/mol. The smallest absolute Gasteiger partial charge is 0.00766 e. The minimum Gasteiger partial charge on any atom is -0.327 e. The fourth-order valence-electron chi connectivity index (χ4n) is 1.63. The van der Waals surface area contributed by atoms with Gasteiger partial charge in [-0.3, -0.25) is 0 Å². The molecule has 2 N–H and O–H groups in total. The normalized spacial score (nSPS) is 12.9. The molecule has 72 valence electrons. The molecule has 0 fully saturated rings.